The molecule has 2 nitrogen and oxygen atoms in total. The van der Waals surface area contributed by atoms with Crippen molar-refractivity contribution in [2.75, 3.05) is 6.61 Å². The summed E-state index contributed by atoms with van der Waals surface area (Å²) in [5, 5.41) is 19.3. The predicted molar refractivity (Wildman–Crippen MR) is 55.8 cm³/mol. The van der Waals surface area contributed by atoms with E-state index in [-0.39, 0.29) is 23.5 Å². The van der Waals surface area contributed by atoms with E-state index in [0.717, 1.165) is 12.8 Å². The third-order valence-corrected chi connectivity index (χ3v) is 5.41. The van der Waals surface area contributed by atoms with Gasteiger partial charge in [-0.25, -0.2) is 0 Å². The molecule has 2 bridgehead atoms. The van der Waals surface area contributed by atoms with Crippen LogP contribution in [-0.2, 0) is 0 Å². The summed E-state index contributed by atoms with van der Waals surface area (Å²) in [5.74, 6) is 0.934. The fourth-order valence-corrected chi connectivity index (χ4v) is 4.04. The number of aliphatic hydroxyl groups excluding tert-OH is 2. The summed E-state index contributed by atoms with van der Waals surface area (Å²) in [6.07, 6.45) is 2.94. The summed E-state index contributed by atoms with van der Waals surface area (Å²) in [6.45, 7) is 7.00. The molecule has 0 heterocycles. The van der Waals surface area contributed by atoms with Gasteiger partial charge in [-0.3, -0.25) is 0 Å². The number of aliphatic hydroxyl groups is 2. The molecule has 14 heavy (non-hydrogen) atoms. The lowest BCUT2D eigenvalue weighted by Crippen LogP contribution is -2.37. The second-order valence-electron chi connectivity index (χ2n) is 5.91. The van der Waals surface area contributed by atoms with Gasteiger partial charge in [-0.1, -0.05) is 20.8 Å². The van der Waals surface area contributed by atoms with Gasteiger partial charge >= 0.3 is 0 Å². The smallest absolute Gasteiger partial charge is 0.0630 e. The lowest BCUT2D eigenvalue weighted by molar-refractivity contribution is -0.0154. The quantitative estimate of drug-likeness (QED) is 0.710. The van der Waals surface area contributed by atoms with Crippen LogP contribution < -0.4 is 0 Å². The number of fused-ring (bicyclic) bond motifs is 2. The topological polar surface area (TPSA) is 40.5 Å². The van der Waals surface area contributed by atoms with Crippen LogP contribution in [0, 0.1) is 22.7 Å². The summed E-state index contributed by atoms with van der Waals surface area (Å²) < 4.78 is 0. The minimum absolute atomic E-state index is 0.0809. The van der Waals surface area contributed by atoms with E-state index in [0.29, 0.717) is 11.8 Å². The molecule has 2 N–H and O–H groups in total. The third kappa shape index (κ3) is 0.989. The molecule has 0 aromatic carbocycles. The molecule has 2 heteroatoms. The summed E-state index contributed by atoms with van der Waals surface area (Å²) >= 11 is 0. The highest BCUT2D eigenvalue weighted by atomic mass is 16.3. The molecular weight excluding hydrogens is 176 g/mol. The Morgan fingerprint density at radius 2 is 1.93 bits per heavy atom. The van der Waals surface area contributed by atoms with E-state index < -0.39 is 0 Å². The molecule has 0 radical (unpaired) electrons. The molecule has 2 aliphatic carbocycles. The first-order valence-corrected chi connectivity index (χ1v) is 5.74. The first-order valence-electron chi connectivity index (χ1n) is 5.74. The molecule has 2 aliphatic rings. The Balaban J connectivity index is 2.29. The van der Waals surface area contributed by atoms with Crippen LogP contribution in [0.5, 0.6) is 0 Å². The fraction of sp³-hybridized carbons (Fsp3) is 1.00. The lowest BCUT2D eigenvalue weighted by Gasteiger charge is -2.37. The van der Waals surface area contributed by atoms with E-state index in [1.54, 1.807) is 0 Å². The van der Waals surface area contributed by atoms with Crippen LogP contribution in [0.3, 0.4) is 0 Å². The highest BCUT2D eigenvalue weighted by Gasteiger charge is 2.65. The fourth-order valence-electron chi connectivity index (χ4n) is 4.04. The van der Waals surface area contributed by atoms with E-state index in [1.165, 1.54) is 6.42 Å². The van der Waals surface area contributed by atoms with Crippen molar-refractivity contribution in [3.8, 4) is 0 Å². The van der Waals surface area contributed by atoms with E-state index in [9.17, 15) is 5.11 Å². The normalized spacial score (nSPS) is 49.9. The number of hydrogen-bond acceptors (Lipinski definition) is 2. The van der Waals surface area contributed by atoms with Crippen molar-refractivity contribution < 1.29 is 10.2 Å². The van der Waals surface area contributed by atoms with Crippen LogP contribution in [0.2, 0.25) is 0 Å². The van der Waals surface area contributed by atoms with Crippen molar-refractivity contribution in [1.29, 1.82) is 0 Å². The monoisotopic (exact) mass is 198 g/mol. The summed E-state index contributed by atoms with van der Waals surface area (Å²) in [5.41, 5.74) is 0.323. The molecule has 0 amide bonds. The minimum Gasteiger partial charge on any atom is -0.396 e. The first kappa shape index (κ1) is 10.4. The van der Waals surface area contributed by atoms with Gasteiger partial charge in [0.05, 0.1) is 6.10 Å². The maximum absolute atomic E-state index is 10.3. The first-order chi connectivity index (χ1) is 6.45. The second-order valence-corrected chi connectivity index (χ2v) is 5.91. The number of rotatable bonds is 2. The second kappa shape index (κ2) is 2.96. The Bertz CT molecular complexity index is 236. The SMILES string of the molecule is CC1(C)[C@H]2CC[C@@]1(C)[C@@H](O)[C@@H]2CCO. The van der Waals surface area contributed by atoms with Crippen LogP contribution in [0.25, 0.3) is 0 Å². The Labute approximate surface area is 86.3 Å². The van der Waals surface area contributed by atoms with Gasteiger partial charge in [0.25, 0.3) is 0 Å². The van der Waals surface area contributed by atoms with Gasteiger partial charge in [-0.2, -0.15) is 0 Å². The third-order valence-electron chi connectivity index (χ3n) is 5.41. The molecule has 82 valence electrons. The van der Waals surface area contributed by atoms with Gasteiger partial charge in [-0.15, -0.1) is 0 Å². The molecule has 4 atom stereocenters. The van der Waals surface area contributed by atoms with Crippen LogP contribution >= 0.6 is 0 Å². The zero-order valence-corrected chi connectivity index (χ0v) is 9.45. The molecule has 2 fully saturated rings. The zero-order valence-electron chi connectivity index (χ0n) is 9.45. The molecule has 0 spiro atoms. The van der Waals surface area contributed by atoms with Crippen LogP contribution in [0.4, 0.5) is 0 Å². The highest BCUT2D eigenvalue weighted by molar-refractivity contribution is 5.14. The van der Waals surface area contributed by atoms with E-state index in [1.807, 2.05) is 0 Å². The largest absolute Gasteiger partial charge is 0.396 e. The van der Waals surface area contributed by atoms with Crippen molar-refractivity contribution in [2.24, 2.45) is 22.7 Å². The van der Waals surface area contributed by atoms with Gasteiger partial charge < -0.3 is 10.2 Å². The Hall–Kier alpha value is -0.0800. The van der Waals surface area contributed by atoms with Gasteiger partial charge in [0.2, 0.25) is 0 Å². The minimum atomic E-state index is -0.205. The molecule has 0 aromatic rings. The van der Waals surface area contributed by atoms with Crippen molar-refractivity contribution >= 4 is 0 Å². The van der Waals surface area contributed by atoms with Crippen molar-refractivity contribution in [1.82, 2.24) is 0 Å². The molecule has 0 saturated heterocycles. The molecule has 0 unspecified atom stereocenters. The Kier molecular flexibility index (Phi) is 2.20. The van der Waals surface area contributed by atoms with E-state index in [2.05, 4.69) is 20.8 Å². The van der Waals surface area contributed by atoms with Gasteiger partial charge in [0.1, 0.15) is 0 Å². The maximum atomic E-state index is 10.3. The molecular formula is C12H22O2. The summed E-state index contributed by atoms with van der Waals surface area (Å²) in [6, 6.07) is 0. The average molecular weight is 198 g/mol. The highest BCUT2D eigenvalue weighted by Crippen LogP contribution is 2.68. The standard InChI is InChI=1S/C12H22O2/c1-11(2)9-4-6-12(11,3)10(14)8(9)5-7-13/h8-10,13-14H,4-7H2,1-3H3/t8-,9+,10+,12+/m1/s1. The van der Waals surface area contributed by atoms with Gasteiger partial charge in [0, 0.05) is 6.61 Å². The summed E-state index contributed by atoms with van der Waals surface area (Å²) in [7, 11) is 0. The Morgan fingerprint density at radius 3 is 2.36 bits per heavy atom. The average Bonchev–Trinajstić information content (AvgIpc) is 2.41. The number of hydrogen-bond donors (Lipinski definition) is 2. The van der Waals surface area contributed by atoms with Gasteiger partial charge in [-0.05, 0) is 41.9 Å². The zero-order chi connectivity index (χ0) is 10.6. The van der Waals surface area contributed by atoms with Crippen molar-refractivity contribution in [2.45, 2.75) is 46.1 Å². The molecule has 2 rings (SSSR count). The van der Waals surface area contributed by atoms with Crippen LogP contribution in [0.1, 0.15) is 40.0 Å². The van der Waals surface area contributed by atoms with Crippen LogP contribution in [-0.4, -0.2) is 22.9 Å². The molecule has 0 aliphatic heterocycles. The van der Waals surface area contributed by atoms with Crippen LogP contribution in [0.15, 0.2) is 0 Å². The van der Waals surface area contributed by atoms with E-state index >= 15 is 0 Å². The summed E-state index contributed by atoms with van der Waals surface area (Å²) in [4.78, 5) is 0. The van der Waals surface area contributed by atoms with Gasteiger partial charge in [0.15, 0.2) is 0 Å². The van der Waals surface area contributed by atoms with E-state index in [4.69, 9.17) is 5.11 Å². The van der Waals surface area contributed by atoms with Crippen molar-refractivity contribution in [3.63, 3.8) is 0 Å². The predicted octanol–water partition coefficient (Wildman–Crippen LogP) is 1.80. The molecule has 2 saturated carbocycles. The van der Waals surface area contributed by atoms with Crippen molar-refractivity contribution in [3.05, 3.63) is 0 Å². The Morgan fingerprint density at radius 1 is 1.29 bits per heavy atom. The molecule has 0 aromatic heterocycles. The maximum Gasteiger partial charge on any atom is 0.0630 e. The lowest BCUT2D eigenvalue weighted by atomic mass is 9.70.